The number of ether oxygens (including phenoxy) is 2. The van der Waals surface area contributed by atoms with E-state index in [-0.39, 0.29) is 30.6 Å². The molecule has 2 heterocycles. The minimum Gasteiger partial charge on any atom is -0.518 e. The van der Waals surface area contributed by atoms with Crippen molar-refractivity contribution in [3.8, 4) is 0 Å². The van der Waals surface area contributed by atoms with Gasteiger partial charge in [0.1, 0.15) is 25.0 Å². The van der Waals surface area contributed by atoms with Crippen molar-refractivity contribution >= 4 is 11.8 Å². The van der Waals surface area contributed by atoms with Crippen molar-refractivity contribution < 1.29 is 29.0 Å². The molecule has 2 aromatic carbocycles. The number of hydrogen-bond acceptors (Lipinski definition) is 4. The SMILES string of the molecule is CC1(C)COC(c2[c-]cccc2)=N1.CC1(C)COC(c2[c-]cccc2)=N1.[Zn+2]. The van der Waals surface area contributed by atoms with Crippen LogP contribution >= 0.6 is 0 Å². The minimum absolute atomic E-state index is 0. The van der Waals surface area contributed by atoms with E-state index in [0.717, 1.165) is 11.1 Å². The van der Waals surface area contributed by atoms with Crippen LogP contribution in [0.25, 0.3) is 0 Å². The van der Waals surface area contributed by atoms with Crippen LogP contribution in [-0.4, -0.2) is 36.1 Å². The van der Waals surface area contributed by atoms with Crippen molar-refractivity contribution in [2.24, 2.45) is 9.98 Å². The first-order valence-electron chi connectivity index (χ1n) is 8.74. The summed E-state index contributed by atoms with van der Waals surface area (Å²) in [6, 6.07) is 21.6. The van der Waals surface area contributed by atoms with Crippen molar-refractivity contribution in [3.05, 3.63) is 71.8 Å². The average molecular weight is 414 g/mol. The molecule has 0 saturated carbocycles. The fourth-order valence-corrected chi connectivity index (χ4v) is 2.50. The zero-order valence-corrected chi connectivity index (χ0v) is 19.4. The maximum absolute atomic E-state index is 5.47. The van der Waals surface area contributed by atoms with Gasteiger partial charge in [0.05, 0.1) is 11.1 Å². The second-order valence-corrected chi connectivity index (χ2v) is 7.59. The summed E-state index contributed by atoms with van der Waals surface area (Å²) in [5.41, 5.74) is 1.71. The predicted molar refractivity (Wildman–Crippen MR) is 104 cm³/mol. The number of aliphatic imine (C=N–C) groups is 2. The molecular formula is C22H24N2O2Zn. The third-order valence-electron chi connectivity index (χ3n) is 3.81. The molecule has 0 spiro atoms. The molecule has 0 bridgehead atoms. The monoisotopic (exact) mass is 412 g/mol. The molecule has 0 aliphatic carbocycles. The minimum atomic E-state index is -0.0843. The molecule has 2 aromatic rings. The van der Waals surface area contributed by atoms with E-state index < -0.39 is 0 Å². The van der Waals surface area contributed by atoms with Crippen molar-refractivity contribution in [1.29, 1.82) is 0 Å². The Hall–Kier alpha value is -2.00. The third-order valence-corrected chi connectivity index (χ3v) is 3.81. The summed E-state index contributed by atoms with van der Waals surface area (Å²) in [7, 11) is 0. The Morgan fingerprint density at radius 2 is 1.15 bits per heavy atom. The van der Waals surface area contributed by atoms with Gasteiger partial charge in [-0.05, 0) is 27.7 Å². The molecule has 4 rings (SSSR count). The van der Waals surface area contributed by atoms with Crippen LogP contribution in [0, 0.1) is 12.1 Å². The van der Waals surface area contributed by atoms with Gasteiger partial charge in [0.25, 0.3) is 0 Å². The van der Waals surface area contributed by atoms with Crippen LogP contribution in [0.1, 0.15) is 38.8 Å². The number of rotatable bonds is 2. The van der Waals surface area contributed by atoms with Gasteiger partial charge in [0, 0.05) is 0 Å². The number of nitrogens with zero attached hydrogens (tertiary/aromatic N) is 2. The second kappa shape index (κ2) is 8.79. The van der Waals surface area contributed by atoms with Gasteiger partial charge in [0.15, 0.2) is 0 Å². The van der Waals surface area contributed by atoms with Gasteiger partial charge in [-0.1, -0.05) is 11.1 Å². The van der Waals surface area contributed by atoms with Crippen LogP contribution in [-0.2, 0) is 29.0 Å². The van der Waals surface area contributed by atoms with Crippen LogP contribution in [0.15, 0.2) is 58.5 Å². The van der Waals surface area contributed by atoms with Crippen LogP contribution in [0.5, 0.6) is 0 Å². The summed E-state index contributed by atoms with van der Waals surface area (Å²) >= 11 is 0. The van der Waals surface area contributed by atoms with E-state index >= 15 is 0 Å². The maximum Gasteiger partial charge on any atom is 2.00 e. The van der Waals surface area contributed by atoms with E-state index in [1.807, 2.05) is 48.5 Å². The molecule has 0 atom stereocenters. The molecule has 0 saturated heterocycles. The molecule has 0 radical (unpaired) electrons. The summed E-state index contributed by atoms with van der Waals surface area (Å²) in [6.07, 6.45) is 0. The second-order valence-electron chi connectivity index (χ2n) is 7.59. The van der Waals surface area contributed by atoms with Crippen LogP contribution < -0.4 is 0 Å². The molecule has 0 amide bonds. The molecule has 0 fully saturated rings. The largest absolute Gasteiger partial charge is 2.00 e. The molecule has 136 valence electrons. The van der Waals surface area contributed by atoms with Gasteiger partial charge in [-0.25, -0.2) is 0 Å². The van der Waals surface area contributed by atoms with Gasteiger partial charge in [-0.2, -0.15) is 0 Å². The van der Waals surface area contributed by atoms with E-state index in [1.165, 1.54) is 0 Å². The summed E-state index contributed by atoms with van der Waals surface area (Å²) < 4.78 is 10.9. The van der Waals surface area contributed by atoms with Crippen LogP contribution in [0.2, 0.25) is 0 Å². The summed E-state index contributed by atoms with van der Waals surface area (Å²) in [6.45, 7) is 9.55. The van der Waals surface area contributed by atoms with E-state index in [1.54, 1.807) is 0 Å². The average Bonchev–Trinajstić information content (AvgIpc) is 3.19. The third kappa shape index (κ3) is 6.00. The molecule has 27 heavy (non-hydrogen) atoms. The Bertz CT molecular complexity index is 730. The molecule has 4 nitrogen and oxygen atoms in total. The van der Waals surface area contributed by atoms with E-state index in [4.69, 9.17) is 9.47 Å². The molecule has 5 heteroatoms. The fourth-order valence-electron chi connectivity index (χ4n) is 2.50. The Labute approximate surface area is 174 Å². The van der Waals surface area contributed by atoms with Crippen molar-refractivity contribution in [1.82, 2.24) is 0 Å². The summed E-state index contributed by atoms with van der Waals surface area (Å²) in [5, 5.41) is 0. The molecule has 0 unspecified atom stereocenters. The first kappa shape index (κ1) is 21.3. The molecule has 0 aromatic heterocycles. The first-order chi connectivity index (χ1) is 12.3. The Morgan fingerprint density at radius 1 is 0.741 bits per heavy atom. The first-order valence-corrected chi connectivity index (χ1v) is 8.74. The fraction of sp³-hybridized carbons (Fsp3) is 0.364. The molecular weight excluding hydrogens is 390 g/mol. The van der Waals surface area contributed by atoms with Crippen molar-refractivity contribution in [2.45, 2.75) is 38.8 Å². The van der Waals surface area contributed by atoms with E-state index in [9.17, 15) is 0 Å². The molecule has 2 aliphatic rings. The van der Waals surface area contributed by atoms with Crippen molar-refractivity contribution in [2.75, 3.05) is 13.2 Å². The predicted octanol–water partition coefficient (Wildman–Crippen LogP) is 4.08. The van der Waals surface area contributed by atoms with Gasteiger partial charge in [-0.15, -0.1) is 60.7 Å². The normalized spacial score (nSPS) is 18.7. The van der Waals surface area contributed by atoms with Gasteiger partial charge >= 0.3 is 19.5 Å². The maximum atomic E-state index is 5.47. The molecule has 0 N–H and O–H groups in total. The van der Waals surface area contributed by atoms with Crippen LogP contribution in [0.3, 0.4) is 0 Å². The summed E-state index contributed by atoms with van der Waals surface area (Å²) in [4.78, 5) is 8.91. The topological polar surface area (TPSA) is 43.2 Å². The van der Waals surface area contributed by atoms with E-state index in [2.05, 4.69) is 49.8 Å². The standard InChI is InChI=1S/2C11H12NO.Zn/c2*1-11(2)8-13-10(12-11)9-6-4-3-5-7-9;/h2*3-6H,8H2,1-2H3;/q2*-1;+2. The molecule has 2 aliphatic heterocycles. The number of benzene rings is 2. The van der Waals surface area contributed by atoms with Gasteiger partial charge in [-0.3, -0.25) is 9.98 Å². The zero-order valence-electron chi connectivity index (χ0n) is 16.5. The van der Waals surface area contributed by atoms with Gasteiger partial charge < -0.3 is 9.47 Å². The summed E-state index contributed by atoms with van der Waals surface area (Å²) in [5.74, 6) is 1.43. The van der Waals surface area contributed by atoms with Crippen molar-refractivity contribution in [3.63, 3.8) is 0 Å². The number of hydrogen-bond donors (Lipinski definition) is 0. The Morgan fingerprint density at radius 3 is 1.41 bits per heavy atom. The Kier molecular flexibility index (Phi) is 6.94. The van der Waals surface area contributed by atoms with E-state index in [0.29, 0.717) is 25.0 Å². The zero-order chi connectivity index (χ0) is 18.6. The smallest absolute Gasteiger partial charge is 0.518 e. The van der Waals surface area contributed by atoms with Crippen LogP contribution in [0.4, 0.5) is 0 Å². The Balaban J connectivity index is 0.000000187. The van der Waals surface area contributed by atoms with Gasteiger partial charge in [0.2, 0.25) is 0 Å². The quantitative estimate of drug-likeness (QED) is 0.550.